The maximum Gasteiger partial charge on any atom is 0.381 e. The van der Waals surface area contributed by atoms with E-state index < -0.39 is 11.5 Å². The number of hydrogen-bond acceptors (Lipinski definition) is 10. The van der Waals surface area contributed by atoms with Crippen LogP contribution in [0.25, 0.3) is 10.7 Å². The van der Waals surface area contributed by atoms with E-state index in [1.54, 1.807) is 35.6 Å². The number of fused-ring (bicyclic) bond motifs is 1. The molecule has 11 nitrogen and oxygen atoms in total. The van der Waals surface area contributed by atoms with Gasteiger partial charge >= 0.3 is 5.63 Å². The summed E-state index contributed by atoms with van der Waals surface area (Å²) in [5.74, 6) is -0.514. The lowest BCUT2D eigenvalue weighted by atomic mass is 10.2. The third-order valence-corrected chi connectivity index (χ3v) is 5.48. The van der Waals surface area contributed by atoms with Crippen LogP contribution in [0.4, 0.5) is 16.8 Å². The number of rotatable bonds is 4. The van der Waals surface area contributed by atoms with Crippen molar-refractivity contribution in [2.45, 2.75) is 0 Å². The zero-order valence-electron chi connectivity index (χ0n) is 15.5. The third-order valence-electron chi connectivity index (χ3n) is 4.31. The highest BCUT2D eigenvalue weighted by atomic mass is 35.5. The lowest BCUT2D eigenvalue weighted by molar-refractivity contribution is 0.0991. The highest BCUT2D eigenvalue weighted by Crippen LogP contribution is 2.34. The van der Waals surface area contributed by atoms with Crippen molar-refractivity contribution in [1.82, 2.24) is 25.1 Å². The minimum atomic E-state index is -0.778. The average Bonchev–Trinajstić information content (AvgIpc) is 3.42. The minimum absolute atomic E-state index is 0.00478. The Labute approximate surface area is 182 Å². The molecule has 1 aliphatic heterocycles. The predicted molar refractivity (Wildman–Crippen MR) is 112 cm³/mol. The second kappa shape index (κ2) is 7.81. The van der Waals surface area contributed by atoms with Crippen LogP contribution in [0.5, 0.6) is 5.75 Å². The maximum absolute atomic E-state index is 12.7. The molecule has 0 bridgehead atoms. The largest absolute Gasteiger partial charge is 0.483 e. The Morgan fingerprint density at radius 3 is 2.90 bits per heavy atom. The highest BCUT2D eigenvalue weighted by Gasteiger charge is 2.28. The van der Waals surface area contributed by atoms with Crippen LogP contribution in [0, 0.1) is 0 Å². The molecule has 13 heteroatoms. The van der Waals surface area contributed by atoms with Crippen molar-refractivity contribution in [3.63, 3.8) is 0 Å². The Balaban J connectivity index is 1.44. The van der Waals surface area contributed by atoms with Crippen LogP contribution >= 0.6 is 22.9 Å². The summed E-state index contributed by atoms with van der Waals surface area (Å²) in [5.41, 5.74) is 0.157. The van der Waals surface area contributed by atoms with Gasteiger partial charge < -0.3 is 19.0 Å². The van der Waals surface area contributed by atoms with E-state index in [0.29, 0.717) is 33.9 Å². The van der Waals surface area contributed by atoms with Crippen LogP contribution in [0.2, 0.25) is 5.02 Å². The van der Waals surface area contributed by atoms with Gasteiger partial charge in [-0.25, -0.2) is 14.8 Å². The number of amides is 1. The topological polar surface area (TPSA) is 139 Å². The van der Waals surface area contributed by atoms with Crippen LogP contribution < -0.4 is 20.6 Å². The number of ether oxygens (including phenoxy) is 1. The number of aromatic nitrogens is 5. The van der Waals surface area contributed by atoms with Gasteiger partial charge in [-0.3, -0.25) is 10.1 Å². The van der Waals surface area contributed by atoms with Crippen molar-refractivity contribution in [2.24, 2.45) is 0 Å². The Hall–Kier alpha value is -3.77. The molecule has 0 atom stereocenters. The molecule has 156 valence electrons. The van der Waals surface area contributed by atoms with E-state index in [-0.39, 0.29) is 23.2 Å². The predicted octanol–water partition coefficient (Wildman–Crippen LogP) is 2.71. The summed E-state index contributed by atoms with van der Waals surface area (Å²) in [6.45, 7) is 0.647. The van der Waals surface area contributed by atoms with Gasteiger partial charge in [-0.1, -0.05) is 22.9 Å². The molecule has 1 amide bonds. The van der Waals surface area contributed by atoms with Gasteiger partial charge in [0.2, 0.25) is 16.8 Å². The summed E-state index contributed by atoms with van der Waals surface area (Å²) in [7, 11) is 0. The summed E-state index contributed by atoms with van der Waals surface area (Å²) in [6.07, 6.45) is 4.84. The number of nitrogens with one attached hydrogen (secondary N) is 2. The summed E-state index contributed by atoms with van der Waals surface area (Å²) in [5, 5.41) is 11.7. The molecule has 0 fully saturated rings. The van der Waals surface area contributed by atoms with E-state index in [1.165, 1.54) is 6.07 Å². The van der Waals surface area contributed by atoms with E-state index in [0.717, 1.165) is 11.3 Å². The molecule has 5 rings (SSSR count). The summed E-state index contributed by atoms with van der Waals surface area (Å²) < 4.78 is 10.6. The molecular weight excluding hydrogens is 446 g/mol. The average molecular weight is 458 g/mol. The van der Waals surface area contributed by atoms with Crippen molar-refractivity contribution >= 4 is 45.6 Å². The summed E-state index contributed by atoms with van der Waals surface area (Å²) >= 11 is 7.19. The van der Waals surface area contributed by atoms with Crippen LogP contribution in [0.15, 0.2) is 46.0 Å². The number of aromatic amines is 1. The molecule has 31 heavy (non-hydrogen) atoms. The Bertz CT molecular complexity index is 1320. The first kappa shape index (κ1) is 19.2. The van der Waals surface area contributed by atoms with Crippen LogP contribution in [0.1, 0.15) is 10.6 Å². The van der Waals surface area contributed by atoms with Gasteiger partial charge in [0.25, 0.3) is 5.91 Å². The Morgan fingerprint density at radius 1 is 1.29 bits per heavy atom. The maximum atomic E-state index is 12.7. The van der Waals surface area contributed by atoms with Crippen molar-refractivity contribution < 1.29 is 13.9 Å². The number of H-pyrrole nitrogens is 1. The van der Waals surface area contributed by atoms with Crippen molar-refractivity contribution in [2.75, 3.05) is 23.4 Å². The number of carbonyl (C=O) groups excluding carboxylic acids is 1. The molecule has 0 radical (unpaired) electrons. The lowest BCUT2D eigenvalue weighted by Gasteiger charge is -2.28. The molecule has 0 spiro atoms. The lowest BCUT2D eigenvalue weighted by Crippen LogP contribution is -2.33. The van der Waals surface area contributed by atoms with Gasteiger partial charge in [0.15, 0.2) is 10.8 Å². The first-order valence-corrected chi connectivity index (χ1v) is 10.1. The fourth-order valence-corrected chi connectivity index (χ4v) is 3.99. The smallest absolute Gasteiger partial charge is 0.381 e. The Kier molecular flexibility index (Phi) is 4.84. The standard InChI is InChI=1S/C18H12ClN7O4S/c19-9-2-5-20-12(9)15-24-25-18(31-15)23-14(27)11-8-10-13(16(28)30-11)29-7-6-26(10)17-21-3-1-4-22-17/h1-5,8,20H,6-7H2,(H,23,25,27). The minimum Gasteiger partial charge on any atom is -0.483 e. The summed E-state index contributed by atoms with van der Waals surface area (Å²) in [6, 6.07) is 4.77. The molecule has 4 aromatic rings. The molecular formula is C18H12ClN7O4S. The number of carbonyl (C=O) groups is 1. The SMILES string of the molecule is O=C(Nc1nnc(-c2[nH]ccc2Cl)s1)c1cc2c(c(=O)o1)OCCN2c1ncccn1. The van der Waals surface area contributed by atoms with Crippen LogP contribution in [-0.4, -0.2) is 44.2 Å². The molecule has 0 aliphatic carbocycles. The van der Waals surface area contributed by atoms with E-state index in [2.05, 4.69) is 30.5 Å². The fraction of sp³-hybridized carbons (Fsp3) is 0.111. The third kappa shape index (κ3) is 3.62. The second-order valence-electron chi connectivity index (χ2n) is 6.23. The fourth-order valence-electron chi connectivity index (χ4n) is 2.96. The number of anilines is 3. The molecule has 1 aliphatic rings. The van der Waals surface area contributed by atoms with Gasteiger partial charge in [-0.05, 0) is 12.1 Å². The molecule has 0 saturated heterocycles. The monoisotopic (exact) mass is 457 g/mol. The highest BCUT2D eigenvalue weighted by molar-refractivity contribution is 7.18. The number of hydrogen-bond donors (Lipinski definition) is 2. The number of nitrogens with zero attached hydrogens (tertiary/aromatic N) is 5. The van der Waals surface area contributed by atoms with Gasteiger partial charge in [0.1, 0.15) is 6.61 Å². The molecule has 0 unspecified atom stereocenters. The van der Waals surface area contributed by atoms with E-state index >= 15 is 0 Å². The zero-order valence-corrected chi connectivity index (χ0v) is 17.1. The van der Waals surface area contributed by atoms with Crippen LogP contribution in [-0.2, 0) is 0 Å². The van der Waals surface area contributed by atoms with Crippen molar-refractivity contribution in [3.8, 4) is 16.5 Å². The normalized spacial score (nSPS) is 12.9. The van der Waals surface area contributed by atoms with E-state index in [4.69, 9.17) is 20.8 Å². The zero-order chi connectivity index (χ0) is 21.4. The van der Waals surface area contributed by atoms with Gasteiger partial charge in [-0.2, -0.15) is 0 Å². The second-order valence-corrected chi connectivity index (χ2v) is 7.61. The van der Waals surface area contributed by atoms with E-state index in [9.17, 15) is 9.59 Å². The first-order valence-electron chi connectivity index (χ1n) is 8.94. The van der Waals surface area contributed by atoms with E-state index in [1.807, 2.05) is 0 Å². The summed E-state index contributed by atoms with van der Waals surface area (Å²) in [4.78, 5) is 38.2. The Morgan fingerprint density at radius 2 is 2.13 bits per heavy atom. The van der Waals surface area contributed by atoms with Crippen LogP contribution in [0.3, 0.4) is 0 Å². The van der Waals surface area contributed by atoms with Gasteiger partial charge in [0, 0.05) is 24.7 Å². The molecule has 0 aromatic carbocycles. The van der Waals surface area contributed by atoms with Crippen molar-refractivity contribution in [1.29, 1.82) is 0 Å². The molecule has 2 N–H and O–H groups in total. The quantitative estimate of drug-likeness (QED) is 0.473. The molecule has 5 heterocycles. The first-order chi connectivity index (χ1) is 15.1. The van der Waals surface area contributed by atoms with Gasteiger partial charge in [0.05, 0.1) is 22.9 Å². The molecule has 0 saturated carbocycles. The molecule has 4 aromatic heterocycles. The number of halogens is 1. The van der Waals surface area contributed by atoms with Crippen molar-refractivity contribution in [3.05, 3.63) is 58.0 Å². The van der Waals surface area contributed by atoms with Gasteiger partial charge in [-0.15, -0.1) is 10.2 Å².